The first-order valence-corrected chi connectivity index (χ1v) is 4.33. The van der Waals surface area contributed by atoms with Gasteiger partial charge in [-0.25, -0.2) is 9.97 Å². The van der Waals surface area contributed by atoms with Gasteiger partial charge in [0.25, 0.3) is 0 Å². The zero-order chi connectivity index (χ0) is 8.39. The molecule has 1 N–H and O–H groups in total. The fourth-order valence-electron chi connectivity index (χ4n) is 1.35. The lowest BCUT2D eigenvalue weighted by atomic mass is 9.96. The number of nitrogens with one attached hydrogen (secondary N) is 1. The van der Waals surface area contributed by atoms with E-state index in [0.717, 1.165) is 31.3 Å². The molecular weight excluding hydrogens is 150 g/mol. The Morgan fingerprint density at radius 1 is 1.42 bits per heavy atom. The van der Waals surface area contributed by atoms with E-state index in [1.807, 2.05) is 19.3 Å². The average molecular weight is 163 g/mol. The SMILES string of the molecule is Cc1ncc(CC2CNC2)cn1. The van der Waals surface area contributed by atoms with E-state index in [4.69, 9.17) is 0 Å². The molecule has 2 rings (SSSR count). The number of hydrogen-bond donors (Lipinski definition) is 1. The van der Waals surface area contributed by atoms with Crippen LogP contribution in [0, 0.1) is 12.8 Å². The third-order valence-electron chi connectivity index (χ3n) is 2.22. The molecular formula is C9H13N3. The van der Waals surface area contributed by atoms with Gasteiger partial charge in [-0.3, -0.25) is 0 Å². The van der Waals surface area contributed by atoms with Crippen LogP contribution in [0.25, 0.3) is 0 Å². The van der Waals surface area contributed by atoms with E-state index in [9.17, 15) is 0 Å². The van der Waals surface area contributed by atoms with Crippen molar-refractivity contribution in [2.45, 2.75) is 13.3 Å². The summed E-state index contributed by atoms with van der Waals surface area (Å²) in [5.41, 5.74) is 1.26. The van der Waals surface area contributed by atoms with Gasteiger partial charge in [0.05, 0.1) is 0 Å². The van der Waals surface area contributed by atoms with Gasteiger partial charge in [-0.05, 0) is 37.9 Å². The molecule has 0 unspecified atom stereocenters. The predicted molar refractivity (Wildman–Crippen MR) is 46.8 cm³/mol. The van der Waals surface area contributed by atoms with Crippen LogP contribution in [-0.4, -0.2) is 23.1 Å². The largest absolute Gasteiger partial charge is 0.316 e. The van der Waals surface area contributed by atoms with Gasteiger partial charge in [-0.2, -0.15) is 0 Å². The van der Waals surface area contributed by atoms with E-state index in [0.29, 0.717) is 0 Å². The fraction of sp³-hybridized carbons (Fsp3) is 0.556. The molecule has 1 aliphatic heterocycles. The molecule has 12 heavy (non-hydrogen) atoms. The third-order valence-corrected chi connectivity index (χ3v) is 2.22. The Labute approximate surface area is 72.2 Å². The second kappa shape index (κ2) is 3.19. The van der Waals surface area contributed by atoms with Gasteiger partial charge in [0, 0.05) is 12.4 Å². The number of rotatable bonds is 2. The van der Waals surface area contributed by atoms with Crippen LogP contribution in [0.5, 0.6) is 0 Å². The summed E-state index contributed by atoms with van der Waals surface area (Å²) in [5, 5.41) is 3.25. The summed E-state index contributed by atoms with van der Waals surface area (Å²) >= 11 is 0. The molecule has 0 atom stereocenters. The van der Waals surface area contributed by atoms with Crippen LogP contribution in [0.1, 0.15) is 11.4 Å². The monoisotopic (exact) mass is 163 g/mol. The molecule has 0 amide bonds. The number of hydrogen-bond acceptors (Lipinski definition) is 3. The number of aryl methyl sites for hydroxylation is 1. The Kier molecular flexibility index (Phi) is 2.04. The summed E-state index contributed by atoms with van der Waals surface area (Å²) in [5.74, 6) is 1.65. The van der Waals surface area contributed by atoms with E-state index in [1.165, 1.54) is 5.56 Å². The van der Waals surface area contributed by atoms with Crippen molar-refractivity contribution < 1.29 is 0 Å². The molecule has 3 heteroatoms. The van der Waals surface area contributed by atoms with Crippen LogP contribution in [0.15, 0.2) is 12.4 Å². The molecule has 2 heterocycles. The van der Waals surface area contributed by atoms with Gasteiger partial charge in [0.1, 0.15) is 5.82 Å². The lowest BCUT2D eigenvalue weighted by Gasteiger charge is -2.26. The van der Waals surface area contributed by atoms with Crippen molar-refractivity contribution in [3.8, 4) is 0 Å². The molecule has 1 aliphatic rings. The quantitative estimate of drug-likeness (QED) is 0.691. The van der Waals surface area contributed by atoms with Gasteiger partial charge >= 0.3 is 0 Å². The smallest absolute Gasteiger partial charge is 0.125 e. The molecule has 3 nitrogen and oxygen atoms in total. The zero-order valence-corrected chi connectivity index (χ0v) is 7.25. The minimum Gasteiger partial charge on any atom is -0.316 e. The van der Waals surface area contributed by atoms with Gasteiger partial charge in [0.15, 0.2) is 0 Å². The van der Waals surface area contributed by atoms with Crippen molar-refractivity contribution in [1.82, 2.24) is 15.3 Å². The molecule has 0 radical (unpaired) electrons. The second-order valence-electron chi connectivity index (χ2n) is 3.37. The zero-order valence-electron chi connectivity index (χ0n) is 7.25. The van der Waals surface area contributed by atoms with Crippen LogP contribution in [0.2, 0.25) is 0 Å². The van der Waals surface area contributed by atoms with E-state index in [-0.39, 0.29) is 0 Å². The van der Waals surface area contributed by atoms with Crippen molar-refractivity contribution in [3.63, 3.8) is 0 Å². The summed E-state index contributed by atoms with van der Waals surface area (Å²) in [6.07, 6.45) is 4.98. The first-order chi connectivity index (χ1) is 5.84. The lowest BCUT2D eigenvalue weighted by Crippen LogP contribution is -2.43. The van der Waals surface area contributed by atoms with Crippen LogP contribution >= 0.6 is 0 Å². The normalized spacial score (nSPS) is 17.4. The predicted octanol–water partition coefficient (Wildman–Crippen LogP) is 0.547. The lowest BCUT2D eigenvalue weighted by molar-refractivity contribution is 0.346. The summed E-state index contributed by atoms with van der Waals surface area (Å²) in [7, 11) is 0. The topological polar surface area (TPSA) is 37.8 Å². The highest BCUT2D eigenvalue weighted by Gasteiger charge is 2.16. The highest BCUT2D eigenvalue weighted by Crippen LogP contribution is 2.10. The molecule has 64 valence electrons. The van der Waals surface area contributed by atoms with E-state index in [1.54, 1.807) is 0 Å². The highest BCUT2D eigenvalue weighted by atomic mass is 14.9. The molecule has 0 aliphatic carbocycles. The first kappa shape index (κ1) is 7.68. The molecule has 1 fully saturated rings. The van der Waals surface area contributed by atoms with E-state index < -0.39 is 0 Å². The van der Waals surface area contributed by atoms with Gasteiger partial charge in [-0.1, -0.05) is 0 Å². The fourth-order valence-corrected chi connectivity index (χ4v) is 1.35. The minimum absolute atomic E-state index is 0.802. The van der Waals surface area contributed by atoms with Crippen LogP contribution in [-0.2, 0) is 6.42 Å². The molecule has 1 aromatic rings. The molecule has 1 aromatic heterocycles. The Morgan fingerprint density at radius 2 is 2.08 bits per heavy atom. The van der Waals surface area contributed by atoms with Crippen LogP contribution in [0.3, 0.4) is 0 Å². The molecule has 0 aromatic carbocycles. The van der Waals surface area contributed by atoms with Crippen molar-refractivity contribution in [2.75, 3.05) is 13.1 Å². The van der Waals surface area contributed by atoms with E-state index in [2.05, 4.69) is 15.3 Å². The average Bonchev–Trinajstić information content (AvgIpc) is 2.00. The van der Waals surface area contributed by atoms with Crippen LogP contribution in [0.4, 0.5) is 0 Å². The van der Waals surface area contributed by atoms with Gasteiger partial charge in [-0.15, -0.1) is 0 Å². The molecule has 1 saturated heterocycles. The van der Waals surface area contributed by atoms with Gasteiger partial charge in [0.2, 0.25) is 0 Å². The standard InChI is InChI=1S/C9H13N3/c1-7-11-5-9(6-12-7)2-8-3-10-4-8/h5-6,8,10H,2-4H2,1H3. The summed E-state index contributed by atoms with van der Waals surface area (Å²) < 4.78 is 0. The van der Waals surface area contributed by atoms with Crippen molar-refractivity contribution >= 4 is 0 Å². The highest BCUT2D eigenvalue weighted by molar-refractivity contribution is 5.07. The Bertz CT molecular complexity index is 251. The number of aromatic nitrogens is 2. The van der Waals surface area contributed by atoms with E-state index >= 15 is 0 Å². The maximum atomic E-state index is 4.16. The van der Waals surface area contributed by atoms with Gasteiger partial charge < -0.3 is 5.32 Å². The number of nitrogens with zero attached hydrogens (tertiary/aromatic N) is 2. The third kappa shape index (κ3) is 1.61. The minimum atomic E-state index is 0.802. The molecule has 0 saturated carbocycles. The maximum Gasteiger partial charge on any atom is 0.125 e. The van der Waals surface area contributed by atoms with Crippen molar-refractivity contribution in [3.05, 3.63) is 23.8 Å². The second-order valence-corrected chi connectivity index (χ2v) is 3.37. The maximum absolute atomic E-state index is 4.16. The molecule has 0 bridgehead atoms. The summed E-state index contributed by atoms with van der Waals surface area (Å²) in [4.78, 5) is 8.32. The first-order valence-electron chi connectivity index (χ1n) is 4.33. The Balaban J connectivity index is 1.98. The van der Waals surface area contributed by atoms with Crippen molar-refractivity contribution in [1.29, 1.82) is 0 Å². The Hall–Kier alpha value is -0.960. The van der Waals surface area contributed by atoms with Crippen LogP contribution < -0.4 is 5.32 Å². The molecule has 0 spiro atoms. The summed E-state index contributed by atoms with van der Waals surface area (Å²) in [6, 6.07) is 0. The van der Waals surface area contributed by atoms with Crippen molar-refractivity contribution in [2.24, 2.45) is 5.92 Å². The summed E-state index contributed by atoms with van der Waals surface area (Å²) in [6.45, 7) is 4.20. The Morgan fingerprint density at radius 3 is 2.58 bits per heavy atom.